The molecule has 3 aromatic rings. The molecule has 1 saturated heterocycles. The third kappa shape index (κ3) is 3.98. The zero-order valence-electron chi connectivity index (χ0n) is 16.8. The number of amides is 1. The molecule has 0 bridgehead atoms. The molecule has 1 fully saturated rings. The van der Waals surface area contributed by atoms with Gasteiger partial charge in [-0.05, 0) is 55.7 Å². The number of benzene rings is 1. The number of likely N-dealkylation sites (tertiary alicyclic amines) is 1. The number of thioether (sulfide) groups is 1. The minimum Gasteiger partial charge on any atom is -0.339 e. The van der Waals surface area contributed by atoms with Gasteiger partial charge < -0.3 is 4.90 Å². The molecule has 1 atom stereocenters. The van der Waals surface area contributed by atoms with E-state index in [2.05, 4.69) is 6.92 Å². The molecular formula is C22H25N3O2S2. The maximum absolute atomic E-state index is 13.2. The van der Waals surface area contributed by atoms with Crippen LogP contribution in [0, 0.1) is 6.92 Å². The highest BCUT2D eigenvalue weighted by Gasteiger charge is 2.26. The van der Waals surface area contributed by atoms with Crippen molar-refractivity contribution in [1.82, 2.24) is 14.5 Å². The summed E-state index contributed by atoms with van der Waals surface area (Å²) in [7, 11) is 0. The Bertz CT molecular complexity index is 1090. The van der Waals surface area contributed by atoms with Crippen LogP contribution >= 0.6 is 23.1 Å². The molecule has 0 N–H and O–H groups in total. The first kappa shape index (κ1) is 20.2. The Hall–Kier alpha value is -2.12. The quantitative estimate of drug-likeness (QED) is 0.440. The van der Waals surface area contributed by atoms with E-state index in [0.717, 1.165) is 37.1 Å². The van der Waals surface area contributed by atoms with E-state index in [1.165, 1.54) is 29.5 Å². The Labute approximate surface area is 178 Å². The number of hydrogen-bond acceptors (Lipinski definition) is 5. The van der Waals surface area contributed by atoms with Crippen LogP contribution in [0.1, 0.15) is 38.2 Å². The zero-order chi connectivity index (χ0) is 20.4. The molecular weight excluding hydrogens is 402 g/mol. The molecule has 0 aliphatic carbocycles. The molecule has 4 rings (SSSR count). The highest BCUT2D eigenvalue weighted by molar-refractivity contribution is 7.99. The van der Waals surface area contributed by atoms with E-state index in [9.17, 15) is 9.59 Å². The van der Waals surface area contributed by atoms with Crippen molar-refractivity contribution in [3.05, 3.63) is 51.6 Å². The third-order valence-electron chi connectivity index (χ3n) is 5.55. The van der Waals surface area contributed by atoms with Crippen molar-refractivity contribution in [2.45, 2.75) is 50.7 Å². The number of nitrogens with zero attached hydrogens (tertiary/aromatic N) is 3. The van der Waals surface area contributed by atoms with Crippen LogP contribution in [-0.2, 0) is 4.79 Å². The first-order valence-corrected chi connectivity index (χ1v) is 11.9. The van der Waals surface area contributed by atoms with Crippen LogP contribution in [0.3, 0.4) is 0 Å². The minimum absolute atomic E-state index is 0.0707. The molecule has 0 radical (unpaired) electrons. The van der Waals surface area contributed by atoms with E-state index in [1.54, 1.807) is 4.57 Å². The zero-order valence-corrected chi connectivity index (χ0v) is 18.4. The fourth-order valence-electron chi connectivity index (χ4n) is 3.98. The van der Waals surface area contributed by atoms with Crippen molar-refractivity contribution in [3.63, 3.8) is 0 Å². The van der Waals surface area contributed by atoms with Crippen LogP contribution in [-0.4, -0.2) is 38.7 Å². The second kappa shape index (κ2) is 8.71. The molecule has 1 amide bonds. The summed E-state index contributed by atoms with van der Waals surface area (Å²) < 4.78 is 2.31. The lowest BCUT2D eigenvalue weighted by Gasteiger charge is -2.35. The van der Waals surface area contributed by atoms with Crippen LogP contribution in [0.25, 0.3) is 15.9 Å². The summed E-state index contributed by atoms with van der Waals surface area (Å²) in [6.45, 7) is 4.96. The fourth-order valence-corrected chi connectivity index (χ4v) is 5.63. The average molecular weight is 428 g/mol. The Balaban J connectivity index is 1.68. The van der Waals surface area contributed by atoms with Gasteiger partial charge in [-0.3, -0.25) is 14.2 Å². The van der Waals surface area contributed by atoms with Crippen molar-refractivity contribution in [2.75, 3.05) is 12.3 Å². The fraction of sp³-hybridized carbons (Fsp3) is 0.409. The Morgan fingerprint density at radius 2 is 2.10 bits per heavy atom. The summed E-state index contributed by atoms with van der Waals surface area (Å²) in [4.78, 5) is 32.9. The topological polar surface area (TPSA) is 55.2 Å². The molecule has 0 spiro atoms. The molecule has 1 unspecified atom stereocenters. The summed E-state index contributed by atoms with van der Waals surface area (Å²) in [5, 5.41) is 2.47. The molecule has 7 heteroatoms. The molecule has 0 saturated carbocycles. The molecule has 29 heavy (non-hydrogen) atoms. The van der Waals surface area contributed by atoms with Gasteiger partial charge in [0.05, 0.1) is 17.0 Å². The van der Waals surface area contributed by atoms with E-state index in [-0.39, 0.29) is 11.5 Å². The van der Waals surface area contributed by atoms with Crippen LogP contribution in [0.5, 0.6) is 0 Å². The second-order valence-corrected chi connectivity index (χ2v) is 9.25. The number of piperidine rings is 1. The average Bonchev–Trinajstić information content (AvgIpc) is 3.22. The second-order valence-electron chi connectivity index (χ2n) is 7.39. The molecule has 2 aromatic heterocycles. The smallest absolute Gasteiger partial charge is 0.276 e. The third-order valence-corrected chi connectivity index (χ3v) is 7.36. The van der Waals surface area contributed by atoms with Gasteiger partial charge in [0.1, 0.15) is 4.70 Å². The Kier molecular flexibility index (Phi) is 6.06. The van der Waals surface area contributed by atoms with Gasteiger partial charge in [0, 0.05) is 12.6 Å². The summed E-state index contributed by atoms with van der Waals surface area (Å²) in [6, 6.07) is 10.0. The molecule has 5 nitrogen and oxygen atoms in total. The van der Waals surface area contributed by atoms with Crippen molar-refractivity contribution < 1.29 is 4.79 Å². The van der Waals surface area contributed by atoms with Crippen LogP contribution < -0.4 is 5.56 Å². The lowest BCUT2D eigenvalue weighted by Crippen LogP contribution is -2.44. The molecule has 1 aliphatic heterocycles. The van der Waals surface area contributed by atoms with Gasteiger partial charge in [0.25, 0.3) is 5.56 Å². The van der Waals surface area contributed by atoms with Crippen LogP contribution in [0.15, 0.2) is 45.7 Å². The van der Waals surface area contributed by atoms with Gasteiger partial charge >= 0.3 is 0 Å². The lowest BCUT2D eigenvalue weighted by atomic mass is 10.0. The number of fused-ring (bicyclic) bond motifs is 1. The lowest BCUT2D eigenvalue weighted by molar-refractivity contribution is -0.132. The number of aromatic nitrogens is 2. The largest absolute Gasteiger partial charge is 0.339 e. The summed E-state index contributed by atoms with van der Waals surface area (Å²) in [5.74, 6) is 0.433. The maximum atomic E-state index is 13.2. The van der Waals surface area contributed by atoms with Gasteiger partial charge in [-0.15, -0.1) is 11.3 Å². The molecule has 1 aliphatic rings. The van der Waals surface area contributed by atoms with E-state index in [1.807, 2.05) is 47.5 Å². The first-order chi connectivity index (χ1) is 14.1. The van der Waals surface area contributed by atoms with Crippen molar-refractivity contribution in [1.29, 1.82) is 0 Å². The number of thiophene rings is 1. The first-order valence-electron chi connectivity index (χ1n) is 10.1. The SMILES string of the molecule is CCC1CCCCN1C(=O)CSc1nc2ccsc2c(=O)n1-c1ccccc1C. The number of para-hydroxylation sites is 1. The normalized spacial score (nSPS) is 17.0. The molecule has 1 aromatic carbocycles. The number of carbonyl (C=O) groups is 1. The number of hydrogen-bond donors (Lipinski definition) is 0. The maximum Gasteiger partial charge on any atom is 0.276 e. The van der Waals surface area contributed by atoms with Gasteiger partial charge in [0.2, 0.25) is 5.91 Å². The standard InChI is InChI=1S/C22H25N3O2S2/c1-3-16-9-6-7-12-24(16)19(26)14-29-22-23-17-11-13-28-20(17)21(27)25(22)18-10-5-4-8-15(18)2/h4-5,8,10-11,13,16H,3,6-7,9,12,14H2,1-2H3. The van der Waals surface area contributed by atoms with E-state index in [4.69, 9.17) is 4.98 Å². The van der Waals surface area contributed by atoms with Gasteiger partial charge in [0.15, 0.2) is 5.16 Å². The van der Waals surface area contributed by atoms with Gasteiger partial charge in [-0.25, -0.2) is 4.98 Å². The predicted molar refractivity (Wildman–Crippen MR) is 120 cm³/mol. The van der Waals surface area contributed by atoms with E-state index >= 15 is 0 Å². The monoisotopic (exact) mass is 427 g/mol. The van der Waals surface area contributed by atoms with E-state index in [0.29, 0.717) is 27.2 Å². The van der Waals surface area contributed by atoms with Crippen LogP contribution in [0.4, 0.5) is 0 Å². The summed E-state index contributed by atoms with van der Waals surface area (Å²) >= 11 is 2.77. The van der Waals surface area contributed by atoms with E-state index < -0.39 is 0 Å². The Morgan fingerprint density at radius 3 is 2.90 bits per heavy atom. The number of carbonyl (C=O) groups excluding carboxylic acids is 1. The van der Waals surface area contributed by atoms with Crippen LogP contribution in [0.2, 0.25) is 0 Å². The van der Waals surface area contributed by atoms with Crippen molar-refractivity contribution in [2.24, 2.45) is 0 Å². The van der Waals surface area contributed by atoms with Crippen molar-refractivity contribution >= 4 is 39.2 Å². The highest BCUT2D eigenvalue weighted by atomic mass is 32.2. The molecule has 152 valence electrons. The summed E-state index contributed by atoms with van der Waals surface area (Å²) in [6.07, 6.45) is 4.34. The number of rotatable bonds is 5. The van der Waals surface area contributed by atoms with Crippen molar-refractivity contribution in [3.8, 4) is 5.69 Å². The molecule has 3 heterocycles. The summed E-state index contributed by atoms with van der Waals surface area (Å²) in [5.41, 5.74) is 2.45. The Morgan fingerprint density at radius 1 is 1.28 bits per heavy atom. The van der Waals surface area contributed by atoms with Gasteiger partial charge in [-0.2, -0.15) is 0 Å². The van der Waals surface area contributed by atoms with Gasteiger partial charge in [-0.1, -0.05) is 36.9 Å². The predicted octanol–water partition coefficient (Wildman–Crippen LogP) is 4.64. The minimum atomic E-state index is -0.0707. The highest BCUT2D eigenvalue weighted by Crippen LogP contribution is 2.26. The number of aryl methyl sites for hydroxylation is 1.